The molecule has 1 nitrogen and oxygen atoms in total. The van der Waals surface area contributed by atoms with Gasteiger partial charge in [-0.15, -0.1) is 0 Å². The first-order valence-electron chi connectivity index (χ1n) is 5.05. The van der Waals surface area contributed by atoms with Crippen LogP contribution in [0.15, 0.2) is 12.1 Å². The fourth-order valence-electron chi connectivity index (χ4n) is 1.23. The molecule has 0 fully saturated rings. The average molecular weight is 179 g/mol. The Kier molecular flexibility index (Phi) is 5.36. The van der Waals surface area contributed by atoms with E-state index >= 15 is 0 Å². The van der Waals surface area contributed by atoms with Gasteiger partial charge in [0.15, 0.2) is 0 Å². The number of aryl methyl sites for hydroxylation is 2. The van der Waals surface area contributed by atoms with Gasteiger partial charge in [-0.2, -0.15) is 0 Å². The smallest absolute Gasteiger partial charge is 0.0461 e. The molecule has 1 heteroatoms. The van der Waals surface area contributed by atoms with E-state index in [0.717, 1.165) is 5.69 Å². The van der Waals surface area contributed by atoms with Gasteiger partial charge in [0.2, 0.25) is 0 Å². The molecule has 0 aliphatic heterocycles. The van der Waals surface area contributed by atoms with Crippen LogP contribution in [0.3, 0.4) is 0 Å². The van der Waals surface area contributed by atoms with E-state index in [0.29, 0.717) is 5.92 Å². The monoisotopic (exact) mass is 179 g/mol. The van der Waals surface area contributed by atoms with Crippen molar-refractivity contribution >= 4 is 0 Å². The van der Waals surface area contributed by atoms with Gasteiger partial charge in [0, 0.05) is 11.4 Å². The van der Waals surface area contributed by atoms with Crippen molar-refractivity contribution in [1.82, 2.24) is 4.98 Å². The van der Waals surface area contributed by atoms with Crippen molar-refractivity contribution in [3.05, 3.63) is 29.1 Å². The number of hydrogen-bond donors (Lipinski definition) is 0. The second kappa shape index (κ2) is 5.74. The number of nitrogens with zero attached hydrogens (tertiary/aromatic N) is 1. The van der Waals surface area contributed by atoms with Crippen LogP contribution in [-0.4, -0.2) is 4.98 Å². The molecule has 1 heterocycles. The van der Waals surface area contributed by atoms with E-state index in [2.05, 4.69) is 37.9 Å². The lowest BCUT2D eigenvalue weighted by atomic mass is 10.0. The third kappa shape index (κ3) is 3.58. The largest absolute Gasteiger partial charge is 0.258 e. The van der Waals surface area contributed by atoms with Crippen molar-refractivity contribution in [3.63, 3.8) is 0 Å². The third-order valence-electron chi connectivity index (χ3n) is 1.82. The van der Waals surface area contributed by atoms with Gasteiger partial charge >= 0.3 is 0 Å². The summed E-state index contributed by atoms with van der Waals surface area (Å²) in [5.74, 6) is 0.537. The van der Waals surface area contributed by atoms with E-state index < -0.39 is 0 Å². The molecular weight excluding hydrogens is 158 g/mol. The number of rotatable bonds is 1. The molecule has 0 saturated heterocycles. The lowest BCUT2D eigenvalue weighted by Crippen LogP contribution is -1.97. The Labute approximate surface area is 82.2 Å². The first-order valence-corrected chi connectivity index (χ1v) is 5.05. The summed E-state index contributed by atoms with van der Waals surface area (Å²) in [6.07, 6.45) is 0. The second-order valence-electron chi connectivity index (χ2n) is 3.31. The standard InChI is InChI=1S/C10H15N.C2H6/c1-7(2)10-8(3)5-6-9(4)11-10;1-2/h5-7H,1-4H3;1-2H3. The van der Waals surface area contributed by atoms with Crippen molar-refractivity contribution in [2.45, 2.75) is 47.5 Å². The summed E-state index contributed by atoms with van der Waals surface area (Å²) < 4.78 is 0. The van der Waals surface area contributed by atoms with Gasteiger partial charge in [-0.25, -0.2) is 0 Å². The summed E-state index contributed by atoms with van der Waals surface area (Å²) in [7, 11) is 0. The zero-order valence-corrected chi connectivity index (χ0v) is 9.68. The maximum atomic E-state index is 4.47. The molecule has 0 unspecified atom stereocenters. The Morgan fingerprint density at radius 2 is 1.62 bits per heavy atom. The lowest BCUT2D eigenvalue weighted by molar-refractivity contribution is 0.804. The first kappa shape index (κ1) is 12.2. The first-order chi connectivity index (χ1) is 6.11. The molecule has 0 spiro atoms. The topological polar surface area (TPSA) is 12.9 Å². The highest BCUT2D eigenvalue weighted by Gasteiger charge is 2.03. The quantitative estimate of drug-likeness (QED) is 0.638. The Bertz CT molecular complexity index is 251. The molecule has 13 heavy (non-hydrogen) atoms. The molecule has 0 aliphatic rings. The SMILES string of the molecule is CC.Cc1ccc(C)c(C(C)C)n1. The Balaban J connectivity index is 0.000000671. The van der Waals surface area contributed by atoms with Gasteiger partial charge in [0.05, 0.1) is 0 Å². The van der Waals surface area contributed by atoms with Crippen LogP contribution in [0.4, 0.5) is 0 Å². The fraction of sp³-hybridized carbons (Fsp3) is 0.583. The molecule has 74 valence electrons. The summed E-state index contributed by atoms with van der Waals surface area (Å²) in [6, 6.07) is 4.19. The predicted molar refractivity (Wildman–Crippen MR) is 59.1 cm³/mol. The van der Waals surface area contributed by atoms with E-state index in [1.54, 1.807) is 0 Å². The van der Waals surface area contributed by atoms with Crippen LogP contribution in [0.5, 0.6) is 0 Å². The van der Waals surface area contributed by atoms with Crippen LogP contribution >= 0.6 is 0 Å². The minimum absolute atomic E-state index is 0.537. The average Bonchev–Trinajstić information content (AvgIpc) is 2.12. The molecule has 1 aromatic heterocycles. The van der Waals surface area contributed by atoms with E-state index in [1.165, 1.54) is 11.3 Å². The van der Waals surface area contributed by atoms with Crippen LogP contribution < -0.4 is 0 Å². The van der Waals surface area contributed by atoms with Gasteiger partial charge < -0.3 is 0 Å². The van der Waals surface area contributed by atoms with Crippen LogP contribution in [0, 0.1) is 13.8 Å². The summed E-state index contributed by atoms with van der Waals surface area (Å²) in [6.45, 7) is 12.5. The molecule has 0 aliphatic carbocycles. The van der Waals surface area contributed by atoms with Crippen LogP contribution in [0.1, 0.15) is 50.6 Å². The normalized spacial score (nSPS) is 9.46. The van der Waals surface area contributed by atoms with Crippen molar-refractivity contribution in [1.29, 1.82) is 0 Å². The number of hydrogen-bond acceptors (Lipinski definition) is 1. The van der Waals surface area contributed by atoms with Crippen LogP contribution in [0.25, 0.3) is 0 Å². The fourth-order valence-corrected chi connectivity index (χ4v) is 1.23. The predicted octanol–water partition coefficient (Wildman–Crippen LogP) is 3.85. The maximum Gasteiger partial charge on any atom is 0.0461 e. The highest BCUT2D eigenvalue weighted by molar-refractivity contribution is 5.23. The third-order valence-corrected chi connectivity index (χ3v) is 1.82. The van der Waals surface area contributed by atoms with Crippen molar-refractivity contribution < 1.29 is 0 Å². The Hall–Kier alpha value is -0.850. The highest BCUT2D eigenvalue weighted by Crippen LogP contribution is 2.16. The van der Waals surface area contributed by atoms with Gasteiger partial charge in [-0.05, 0) is 31.4 Å². The Morgan fingerprint density at radius 3 is 2.00 bits per heavy atom. The van der Waals surface area contributed by atoms with E-state index in [-0.39, 0.29) is 0 Å². The van der Waals surface area contributed by atoms with Crippen molar-refractivity contribution in [2.75, 3.05) is 0 Å². The van der Waals surface area contributed by atoms with Gasteiger partial charge in [0.25, 0.3) is 0 Å². The van der Waals surface area contributed by atoms with E-state index in [4.69, 9.17) is 0 Å². The van der Waals surface area contributed by atoms with E-state index in [1.807, 2.05) is 20.8 Å². The van der Waals surface area contributed by atoms with Crippen LogP contribution in [-0.2, 0) is 0 Å². The molecule has 0 bridgehead atoms. The van der Waals surface area contributed by atoms with Gasteiger partial charge in [0.1, 0.15) is 0 Å². The van der Waals surface area contributed by atoms with Crippen LogP contribution in [0.2, 0.25) is 0 Å². The minimum Gasteiger partial charge on any atom is -0.258 e. The van der Waals surface area contributed by atoms with Crippen molar-refractivity contribution in [3.8, 4) is 0 Å². The molecule has 0 saturated carbocycles. The zero-order valence-electron chi connectivity index (χ0n) is 9.68. The number of pyridine rings is 1. The van der Waals surface area contributed by atoms with Gasteiger partial charge in [-0.3, -0.25) is 4.98 Å². The van der Waals surface area contributed by atoms with Gasteiger partial charge in [-0.1, -0.05) is 33.8 Å². The molecule has 0 amide bonds. The molecule has 1 aromatic rings. The molecule has 1 rings (SSSR count). The second-order valence-corrected chi connectivity index (χ2v) is 3.31. The molecule has 0 atom stereocenters. The Morgan fingerprint density at radius 1 is 1.08 bits per heavy atom. The number of aromatic nitrogens is 1. The summed E-state index contributed by atoms with van der Waals surface area (Å²) in [5.41, 5.74) is 3.63. The molecule has 0 aromatic carbocycles. The molecule has 0 N–H and O–H groups in total. The van der Waals surface area contributed by atoms with E-state index in [9.17, 15) is 0 Å². The zero-order chi connectivity index (χ0) is 10.4. The molecule has 0 radical (unpaired) electrons. The maximum absolute atomic E-state index is 4.47. The van der Waals surface area contributed by atoms with Crippen molar-refractivity contribution in [2.24, 2.45) is 0 Å². The summed E-state index contributed by atoms with van der Waals surface area (Å²) in [5, 5.41) is 0. The highest BCUT2D eigenvalue weighted by atomic mass is 14.7. The lowest BCUT2D eigenvalue weighted by Gasteiger charge is -2.08. The minimum atomic E-state index is 0.537. The summed E-state index contributed by atoms with van der Waals surface area (Å²) in [4.78, 5) is 4.47. The summed E-state index contributed by atoms with van der Waals surface area (Å²) >= 11 is 0. The molecular formula is C12H21N.